The van der Waals surface area contributed by atoms with Crippen molar-refractivity contribution < 1.29 is 19.4 Å². The number of nitrogens with one attached hydrogen (secondary N) is 1. The van der Waals surface area contributed by atoms with Crippen LogP contribution in [0.25, 0.3) is 0 Å². The Balaban J connectivity index is 1.98. The van der Waals surface area contributed by atoms with Crippen molar-refractivity contribution in [3.63, 3.8) is 0 Å². The molecule has 1 unspecified atom stereocenters. The largest absolute Gasteiger partial charge is 0.479 e. The minimum atomic E-state index is -1.28. The van der Waals surface area contributed by atoms with Crippen LogP contribution < -0.4 is 5.32 Å². The zero-order chi connectivity index (χ0) is 15.7. The van der Waals surface area contributed by atoms with Gasteiger partial charge in [0, 0.05) is 32.2 Å². The van der Waals surface area contributed by atoms with E-state index < -0.39 is 11.5 Å². The SMILES string of the molecule is CN(CC1(N(C)C)CCC1)C(=O)NC1(C(=O)O)CCOC1. The van der Waals surface area contributed by atoms with Crippen molar-refractivity contribution in [2.75, 3.05) is 40.9 Å². The number of carboxylic acid groups (broad SMARTS) is 1. The minimum absolute atomic E-state index is 0.0225. The molecule has 2 amide bonds. The summed E-state index contributed by atoms with van der Waals surface area (Å²) in [5.74, 6) is -1.03. The van der Waals surface area contributed by atoms with E-state index >= 15 is 0 Å². The van der Waals surface area contributed by atoms with E-state index in [1.165, 1.54) is 6.42 Å². The van der Waals surface area contributed by atoms with Crippen molar-refractivity contribution in [1.29, 1.82) is 0 Å². The van der Waals surface area contributed by atoms with Gasteiger partial charge in [-0.25, -0.2) is 9.59 Å². The smallest absolute Gasteiger partial charge is 0.332 e. The van der Waals surface area contributed by atoms with Crippen molar-refractivity contribution in [1.82, 2.24) is 15.1 Å². The fraction of sp³-hybridized carbons (Fsp3) is 0.857. The lowest BCUT2D eigenvalue weighted by molar-refractivity contribution is -0.144. The number of amides is 2. The van der Waals surface area contributed by atoms with Crippen LogP contribution in [0.1, 0.15) is 25.7 Å². The Bertz CT molecular complexity index is 414. The molecule has 1 saturated heterocycles. The quantitative estimate of drug-likeness (QED) is 0.766. The van der Waals surface area contributed by atoms with Gasteiger partial charge in [-0.2, -0.15) is 0 Å². The Hall–Kier alpha value is -1.34. The number of carbonyl (C=O) groups is 2. The highest BCUT2D eigenvalue weighted by molar-refractivity contribution is 5.86. The number of nitrogens with zero attached hydrogens (tertiary/aromatic N) is 2. The second kappa shape index (κ2) is 5.81. The van der Waals surface area contributed by atoms with Crippen LogP contribution in [0.5, 0.6) is 0 Å². The van der Waals surface area contributed by atoms with Crippen molar-refractivity contribution in [3.8, 4) is 0 Å². The summed E-state index contributed by atoms with van der Waals surface area (Å²) >= 11 is 0. The van der Waals surface area contributed by atoms with Crippen molar-refractivity contribution in [2.24, 2.45) is 0 Å². The summed E-state index contributed by atoms with van der Waals surface area (Å²) in [6.07, 6.45) is 3.59. The van der Waals surface area contributed by atoms with Crippen molar-refractivity contribution >= 4 is 12.0 Å². The number of ether oxygens (including phenoxy) is 1. The fourth-order valence-electron chi connectivity index (χ4n) is 3.03. The Morgan fingerprint density at radius 2 is 1.90 bits per heavy atom. The highest BCUT2D eigenvalue weighted by Crippen LogP contribution is 2.36. The first-order chi connectivity index (χ1) is 9.81. The Kier molecular flexibility index (Phi) is 4.43. The molecule has 2 aliphatic rings. The number of likely N-dealkylation sites (N-methyl/N-ethyl adjacent to an activating group) is 2. The van der Waals surface area contributed by atoms with E-state index in [0.29, 0.717) is 19.6 Å². The molecule has 0 aromatic carbocycles. The summed E-state index contributed by atoms with van der Waals surface area (Å²) in [5.41, 5.74) is -1.26. The summed E-state index contributed by atoms with van der Waals surface area (Å²) in [6.45, 7) is 0.987. The molecule has 1 aliphatic heterocycles. The first kappa shape index (κ1) is 16.0. The number of carboxylic acids is 1. The van der Waals surface area contributed by atoms with Crippen LogP contribution in [0, 0.1) is 0 Å². The number of carbonyl (C=O) groups excluding carboxylic acids is 1. The molecule has 1 heterocycles. The zero-order valence-corrected chi connectivity index (χ0v) is 13.0. The molecule has 21 heavy (non-hydrogen) atoms. The summed E-state index contributed by atoms with van der Waals surface area (Å²) < 4.78 is 5.15. The molecule has 2 fully saturated rings. The predicted molar refractivity (Wildman–Crippen MR) is 77.2 cm³/mol. The van der Waals surface area contributed by atoms with Gasteiger partial charge < -0.3 is 25.0 Å². The highest BCUT2D eigenvalue weighted by Gasteiger charge is 2.46. The molecule has 2 rings (SSSR count). The van der Waals surface area contributed by atoms with Gasteiger partial charge in [-0.3, -0.25) is 0 Å². The molecule has 0 spiro atoms. The molecule has 0 bridgehead atoms. The van der Waals surface area contributed by atoms with Gasteiger partial charge in [0.2, 0.25) is 0 Å². The molecule has 1 saturated carbocycles. The van der Waals surface area contributed by atoms with Gasteiger partial charge in [0.05, 0.1) is 6.61 Å². The molecule has 0 aromatic heterocycles. The molecule has 1 aliphatic carbocycles. The third-order valence-electron chi connectivity index (χ3n) is 4.89. The summed E-state index contributed by atoms with van der Waals surface area (Å²) in [6, 6.07) is -0.351. The summed E-state index contributed by atoms with van der Waals surface area (Å²) in [5, 5.41) is 12.0. The Morgan fingerprint density at radius 1 is 1.24 bits per heavy atom. The van der Waals surface area contributed by atoms with Crippen LogP contribution in [-0.4, -0.2) is 78.9 Å². The molecule has 120 valence electrons. The number of hydrogen-bond acceptors (Lipinski definition) is 4. The molecule has 7 nitrogen and oxygen atoms in total. The lowest BCUT2D eigenvalue weighted by Crippen LogP contribution is -2.62. The van der Waals surface area contributed by atoms with E-state index in [-0.39, 0.29) is 18.2 Å². The number of aliphatic carboxylic acids is 1. The van der Waals surface area contributed by atoms with Crippen molar-refractivity contribution in [3.05, 3.63) is 0 Å². The maximum atomic E-state index is 12.3. The van der Waals surface area contributed by atoms with Gasteiger partial charge in [0.15, 0.2) is 5.54 Å². The molecule has 2 N–H and O–H groups in total. The number of hydrogen-bond donors (Lipinski definition) is 2. The van der Waals surface area contributed by atoms with Crippen LogP contribution in [0.2, 0.25) is 0 Å². The molecule has 0 aromatic rings. The van der Waals surface area contributed by atoms with Gasteiger partial charge in [0.1, 0.15) is 0 Å². The van der Waals surface area contributed by atoms with E-state index in [4.69, 9.17) is 4.74 Å². The zero-order valence-electron chi connectivity index (χ0n) is 13.0. The Morgan fingerprint density at radius 3 is 2.29 bits per heavy atom. The lowest BCUT2D eigenvalue weighted by atomic mass is 9.75. The topological polar surface area (TPSA) is 82.1 Å². The van der Waals surface area contributed by atoms with E-state index in [1.807, 2.05) is 14.1 Å². The molecule has 1 atom stereocenters. The molecular weight excluding hydrogens is 274 g/mol. The van der Waals surface area contributed by atoms with E-state index in [0.717, 1.165) is 12.8 Å². The van der Waals surface area contributed by atoms with E-state index in [2.05, 4.69) is 10.2 Å². The predicted octanol–water partition coefficient (Wildman–Crippen LogP) is 0.356. The van der Waals surface area contributed by atoms with Crippen LogP contribution in [0.15, 0.2) is 0 Å². The first-order valence-corrected chi connectivity index (χ1v) is 7.33. The minimum Gasteiger partial charge on any atom is -0.479 e. The molecular formula is C14H25N3O4. The third-order valence-corrected chi connectivity index (χ3v) is 4.89. The third kappa shape index (κ3) is 2.98. The highest BCUT2D eigenvalue weighted by atomic mass is 16.5. The van der Waals surface area contributed by atoms with Gasteiger partial charge in [-0.15, -0.1) is 0 Å². The average Bonchev–Trinajstić information content (AvgIpc) is 2.82. The lowest BCUT2D eigenvalue weighted by Gasteiger charge is -2.49. The van der Waals surface area contributed by atoms with Gasteiger partial charge in [-0.1, -0.05) is 0 Å². The maximum absolute atomic E-state index is 12.3. The Labute approximate surface area is 125 Å². The standard InChI is InChI=1S/C14H25N3O4/c1-16(2)13(5-4-6-13)9-17(3)12(20)15-14(11(18)19)7-8-21-10-14/h4-10H2,1-3H3,(H,15,20)(H,18,19). The second-order valence-electron chi connectivity index (χ2n) is 6.45. The van der Waals surface area contributed by atoms with Crippen LogP contribution in [0.4, 0.5) is 4.79 Å². The summed E-state index contributed by atoms with van der Waals surface area (Å²) in [4.78, 5) is 27.5. The van der Waals surface area contributed by atoms with Crippen LogP contribution >= 0.6 is 0 Å². The van der Waals surface area contributed by atoms with E-state index in [1.54, 1.807) is 11.9 Å². The van der Waals surface area contributed by atoms with Gasteiger partial charge in [-0.05, 0) is 33.4 Å². The van der Waals surface area contributed by atoms with Gasteiger partial charge >= 0.3 is 12.0 Å². The number of urea groups is 1. The van der Waals surface area contributed by atoms with E-state index in [9.17, 15) is 14.7 Å². The maximum Gasteiger partial charge on any atom is 0.332 e. The average molecular weight is 299 g/mol. The monoisotopic (exact) mass is 299 g/mol. The van der Waals surface area contributed by atoms with Crippen LogP contribution in [-0.2, 0) is 9.53 Å². The normalized spacial score (nSPS) is 27.2. The van der Waals surface area contributed by atoms with Gasteiger partial charge in [0.25, 0.3) is 0 Å². The second-order valence-corrected chi connectivity index (χ2v) is 6.45. The first-order valence-electron chi connectivity index (χ1n) is 7.33. The van der Waals surface area contributed by atoms with Crippen molar-refractivity contribution in [2.45, 2.75) is 36.8 Å². The number of rotatable bonds is 5. The van der Waals surface area contributed by atoms with Crippen LogP contribution in [0.3, 0.4) is 0 Å². The fourth-order valence-corrected chi connectivity index (χ4v) is 3.03. The molecule has 7 heteroatoms. The summed E-state index contributed by atoms with van der Waals surface area (Å²) in [7, 11) is 5.76. The molecule has 0 radical (unpaired) electrons.